The predicted octanol–water partition coefficient (Wildman–Crippen LogP) is 3.72. The van der Waals surface area contributed by atoms with Crippen LogP contribution < -0.4 is 4.74 Å². The summed E-state index contributed by atoms with van der Waals surface area (Å²) >= 11 is 1.27. The Morgan fingerprint density at radius 2 is 2.00 bits per heavy atom. The third-order valence-electron chi connectivity index (χ3n) is 2.78. The smallest absolute Gasteiger partial charge is 0.349 e. The van der Waals surface area contributed by atoms with Gasteiger partial charge in [-0.05, 0) is 29.2 Å². The van der Waals surface area contributed by atoms with Crippen LogP contribution in [-0.4, -0.2) is 16.1 Å². The van der Waals surface area contributed by atoms with Crippen molar-refractivity contribution < 1.29 is 14.6 Å². The zero-order chi connectivity index (χ0) is 14.8. The van der Waals surface area contributed by atoms with Crippen molar-refractivity contribution in [3.05, 3.63) is 45.9 Å². The van der Waals surface area contributed by atoms with Crippen LogP contribution in [0.5, 0.6) is 5.75 Å². The highest BCUT2D eigenvalue weighted by molar-refractivity contribution is 7.14. The molecule has 2 heterocycles. The Balaban J connectivity index is 2.22. The van der Waals surface area contributed by atoms with E-state index < -0.39 is 5.97 Å². The van der Waals surface area contributed by atoms with Gasteiger partial charge in [-0.15, -0.1) is 11.3 Å². The number of rotatable bonds is 4. The summed E-state index contributed by atoms with van der Waals surface area (Å²) < 4.78 is 5.66. The van der Waals surface area contributed by atoms with Crippen molar-refractivity contribution in [1.29, 1.82) is 0 Å². The lowest BCUT2D eigenvalue weighted by molar-refractivity contribution is 0.0697. The standard InChI is InChI=1S/C15H17NO3S/c1-15(2,3)12-8-11(13(20-12)14(17)18)19-9-10-4-6-16-7-5-10/h4-8H,9H2,1-3H3,(H,17,18). The highest BCUT2D eigenvalue weighted by Gasteiger charge is 2.23. The molecule has 0 aliphatic rings. The second-order valence-electron chi connectivity index (χ2n) is 5.50. The third-order valence-corrected chi connectivity index (χ3v) is 4.31. The maximum atomic E-state index is 11.3. The maximum Gasteiger partial charge on any atom is 0.349 e. The second-order valence-corrected chi connectivity index (χ2v) is 6.56. The van der Waals surface area contributed by atoms with Crippen LogP contribution in [0.25, 0.3) is 0 Å². The van der Waals surface area contributed by atoms with E-state index in [0.29, 0.717) is 12.4 Å². The summed E-state index contributed by atoms with van der Waals surface area (Å²) in [6.45, 7) is 6.49. The fourth-order valence-electron chi connectivity index (χ4n) is 1.64. The summed E-state index contributed by atoms with van der Waals surface area (Å²) in [4.78, 5) is 16.5. The van der Waals surface area contributed by atoms with Crippen molar-refractivity contribution >= 4 is 17.3 Å². The molecule has 0 aliphatic heterocycles. The first-order valence-electron chi connectivity index (χ1n) is 6.27. The van der Waals surface area contributed by atoms with E-state index in [4.69, 9.17) is 4.74 Å². The van der Waals surface area contributed by atoms with Crippen molar-refractivity contribution in [1.82, 2.24) is 4.98 Å². The molecule has 2 aromatic rings. The molecular weight excluding hydrogens is 274 g/mol. The van der Waals surface area contributed by atoms with Gasteiger partial charge in [-0.1, -0.05) is 20.8 Å². The highest BCUT2D eigenvalue weighted by atomic mass is 32.1. The lowest BCUT2D eigenvalue weighted by Gasteiger charge is -2.14. The van der Waals surface area contributed by atoms with Gasteiger partial charge in [-0.3, -0.25) is 4.98 Å². The Morgan fingerprint density at radius 3 is 2.55 bits per heavy atom. The van der Waals surface area contributed by atoms with Gasteiger partial charge in [0.25, 0.3) is 0 Å². The van der Waals surface area contributed by atoms with Crippen LogP contribution in [0.4, 0.5) is 0 Å². The van der Waals surface area contributed by atoms with Crippen molar-refractivity contribution in [3.63, 3.8) is 0 Å². The molecule has 0 bridgehead atoms. The van der Waals surface area contributed by atoms with Gasteiger partial charge in [0.1, 0.15) is 12.4 Å². The van der Waals surface area contributed by atoms with E-state index in [1.165, 1.54) is 11.3 Å². The molecule has 0 saturated carbocycles. The van der Waals surface area contributed by atoms with Gasteiger partial charge in [-0.25, -0.2) is 4.79 Å². The quantitative estimate of drug-likeness (QED) is 0.932. The molecule has 0 saturated heterocycles. The van der Waals surface area contributed by atoms with E-state index >= 15 is 0 Å². The first kappa shape index (κ1) is 14.5. The monoisotopic (exact) mass is 291 g/mol. The van der Waals surface area contributed by atoms with Crippen molar-refractivity contribution in [3.8, 4) is 5.75 Å². The Morgan fingerprint density at radius 1 is 1.35 bits per heavy atom. The van der Waals surface area contributed by atoms with Crippen LogP contribution in [0.2, 0.25) is 0 Å². The van der Waals surface area contributed by atoms with E-state index in [0.717, 1.165) is 10.4 Å². The van der Waals surface area contributed by atoms with Crippen molar-refractivity contribution in [2.75, 3.05) is 0 Å². The lowest BCUT2D eigenvalue weighted by atomic mass is 9.95. The number of carbonyl (C=O) groups is 1. The number of aromatic carboxylic acids is 1. The van der Waals surface area contributed by atoms with Crippen LogP contribution in [0.1, 0.15) is 40.9 Å². The number of pyridine rings is 1. The molecule has 0 radical (unpaired) electrons. The molecule has 2 rings (SSSR count). The van der Waals surface area contributed by atoms with E-state index in [1.54, 1.807) is 12.4 Å². The Bertz CT molecular complexity index is 599. The zero-order valence-corrected chi connectivity index (χ0v) is 12.5. The number of aromatic nitrogens is 1. The minimum Gasteiger partial charge on any atom is -0.487 e. The number of nitrogens with zero attached hydrogens (tertiary/aromatic N) is 1. The molecule has 1 N–H and O–H groups in total. The van der Waals surface area contributed by atoms with Gasteiger partial charge in [0.05, 0.1) is 0 Å². The molecule has 0 aliphatic carbocycles. The Labute approximate surface area is 122 Å². The molecule has 4 nitrogen and oxygen atoms in total. The van der Waals surface area contributed by atoms with Gasteiger partial charge < -0.3 is 9.84 Å². The maximum absolute atomic E-state index is 11.3. The van der Waals surface area contributed by atoms with Crippen molar-refractivity contribution in [2.45, 2.75) is 32.8 Å². The lowest BCUT2D eigenvalue weighted by Crippen LogP contribution is -2.08. The van der Waals surface area contributed by atoms with Gasteiger partial charge in [0, 0.05) is 17.3 Å². The minimum absolute atomic E-state index is 0.0901. The fourth-order valence-corrected chi connectivity index (χ4v) is 2.64. The average molecular weight is 291 g/mol. The van der Waals surface area contributed by atoms with Crippen molar-refractivity contribution in [2.24, 2.45) is 0 Å². The number of hydrogen-bond acceptors (Lipinski definition) is 4. The third kappa shape index (κ3) is 3.36. The number of ether oxygens (including phenoxy) is 1. The van der Waals surface area contributed by atoms with Crippen LogP contribution in [0.3, 0.4) is 0 Å². The molecule has 0 spiro atoms. The van der Waals surface area contributed by atoms with Crippen LogP contribution in [-0.2, 0) is 12.0 Å². The molecule has 20 heavy (non-hydrogen) atoms. The number of hydrogen-bond donors (Lipinski definition) is 1. The summed E-state index contributed by atoms with van der Waals surface area (Å²) in [5.41, 5.74) is 0.868. The molecule has 0 unspecified atom stereocenters. The molecule has 2 aromatic heterocycles. The first-order valence-corrected chi connectivity index (χ1v) is 7.09. The molecule has 0 fully saturated rings. The van der Waals surface area contributed by atoms with Crippen LogP contribution in [0.15, 0.2) is 30.6 Å². The van der Waals surface area contributed by atoms with Gasteiger partial charge in [0.15, 0.2) is 4.88 Å². The topological polar surface area (TPSA) is 59.4 Å². The van der Waals surface area contributed by atoms with Crippen LogP contribution in [0, 0.1) is 0 Å². The Kier molecular flexibility index (Phi) is 4.09. The molecule has 5 heteroatoms. The molecule has 106 valence electrons. The molecular formula is C15H17NO3S. The minimum atomic E-state index is -0.949. The van der Waals surface area contributed by atoms with E-state index in [-0.39, 0.29) is 10.3 Å². The average Bonchev–Trinajstić information content (AvgIpc) is 2.82. The summed E-state index contributed by atoms with van der Waals surface area (Å²) in [5, 5.41) is 9.26. The molecule has 0 aromatic carbocycles. The summed E-state index contributed by atoms with van der Waals surface area (Å²) in [5.74, 6) is -0.514. The second kappa shape index (κ2) is 5.63. The predicted molar refractivity (Wildman–Crippen MR) is 78.5 cm³/mol. The number of thiophene rings is 1. The summed E-state index contributed by atoms with van der Waals surface area (Å²) in [7, 11) is 0. The normalized spacial score (nSPS) is 11.3. The summed E-state index contributed by atoms with van der Waals surface area (Å²) in [6.07, 6.45) is 3.37. The van der Waals surface area contributed by atoms with E-state index in [1.807, 2.05) is 18.2 Å². The SMILES string of the molecule is CC(C)(C)c1cc(OCc2ccncc2)c(C(=O)O)s1. The van der Waals surface area contributed by atoms with Gasteiger partial charge >= 0.3 is 5.97 Å². The molecule has 0 atom stereocenters. The first-order chi connectivity index (χ1) is 9.38. The van der Waals surface area contributed by atoms with E-state index in [9.17, 15) is 9.90 Å². The zero-order valence-electron chi connectivity index (χ0n) is 11.7. The Hall–Kier alpha value is -1.88. The van der Waals surface area contributed by atoms with E-state index in [2.05, 4.69) is 25.8 Å². The molecule has 0 amide bonds. The fraction of sp³-hybridized carbons (Fsp3) is 0.333. The largest absolute Gasteiger partial charge is 0.487 e. The summed E-state index contributed by atoms with van der Waals surface area (Å²) in [6, 6.07) is 5.52. The van der Waals surface area contributed by atoms with Gasteiger partial charge in [-0.2, -0.15) is 0 Å². The van der Waals surface area contributed by atoms with Gasteiger partial charge in [0.2, 0.25) is 0 Å². The highest BCUT2D eigenvalue weighted by Crippen LogP contribution is 2.37. The number of carboxylic acids is 1. The van der Waals surface area contributed by atoms with Crippen LogP contribution >= 0.6 is 11.3 Å². The number of carboxylic acid groups (broad SMARTS) is 1.